The normalized spacial score (nSPS) is 23.7. The van der Waals surface area contributed by atoms with Gasteiger partial charge < -0.3 is 59.5 Å². The summed E-state index contributed by atoms with van der Waals surface area (Å²) in [6.45, 7) is 0.449. The van der Waals surface area contributed by atoms with Crippen LogP contribution in [0.15, 0.2) is 45.6 Å². The van der Waals surface area contributed by atoms with E-state index >= 15 is 0 Å². The number of aromatic hydroxyl groups is 3. The first kappa shape index (κ1) is 30.5. The fourth-order valence-corrected chi connectivity index (χ4v) is 4.34. The van der Waals surface area contributed by atoms with Crippen molar-refractivity contribution in [3.8, 4) is 34.3 Å². The Kier molecular flexibility index (Phi) is 8.60. The zero-order valence-corrected chi connectivity index (χ0v) is 21.9. The van der Waals surface area contributed by atoms with E-state index in [1.165, 1.54) is 18.2 Å². The van der Waals surface area contributed by atoms with Gasteiger partial charge in [0.25, 0.3) is 0 Å². The first-order valence-corrected chi connectivity index (χ1v) is 12.4. The number of aliphatic carboxylic acids is 1. The summed E-state index contributed by atoms with van der Waals surface area (Å²) in [6.07, 6.45) is -9.99. The minimum atomic E-state index is -1.91. The number of esters is 1. The number of carboxylic acids is 1. The molecule has 2 heterocycles. The summed E-state index contributed by atoms with van der Waals surface area (Å²) in [7, 11) is 0. The minimum Gasteiger partial charge on any atom is -0.507 e. The molecule has 1 fully saturated rings. The summed E-state index contributed by atoms with van der Waals surface area (Å²) >= 11 is 0. The van der Waals surface area contributed by atoms with Gasteiger partial charge in [-0.15, -0.1) is 0 Å². The second-order valence-corrected chi connectivity index (χ2v) is 10.1. The number of carboxylic acid groups (broad SMARTS) is 1. The molecule has 4 rings (SSSR count). The fraction of sp³-hybridized carbons (Fsp3) is 0.370. The highest BCUT2D eigenvalue weighted by Crippen LogP contribution is 2.35. The highest BCUT2D eigenvalue weighted by Gasteiger charge is 2.45. The summed E-state index contributed by atoms with van der Waals surface area (Å²) < 4.78 is 21.7. The highest BCUT2D eigenvalue weighted by atomic mass is 16.7. The summed E-state index contributed by atoms with van der Waals surface area (Å²) in [6, 6.07) is 6.95. The zero-order valence-electron chi connectivity index (χ0n) is 21.9. The van der Waals surface area contributed by atoms with Crippen molar-refractivity contribution >= 4 is 22.9 Å². The van der Waals surface area contributed by atoms with E-state index in [2.05, 4.69) is 0 Å². The Morgan fingerprint density at radius 2 is 1.64 bits per heavy atom. The third-order valence-electron chi connectivity index (χ3n) is 6.43. The monoisotopic (exact) mass is 592 g/mol. The van der Waals surface area contributed by atoms with Gasteiger partial charge >= 0.3 is 11.9 Å². The molecule has 0 radical (unpaired) electrons. The Hall–Kier alpha value is -4.41. The van der Waals surface area contributed by atoms with Crippen LogP contribution in [0.4, 0.5) is 0 Å². The molecule has 2 aromatic carbocycles. The average Bonchev–Trinajstić information content (AvgIpc) is 2.88. The number of hydrogen-bond acceptors (Lipinski definition) is 14. The number of carbonyl (C=O) groups is 2. The smallest absolute Gasteiger partial charge is 0.308 e. The molecule has 0 aliphatic carbocycles. The van der Waals surface area contributed by atoms with Crippen LogP contribution >= 0.6 is 0 Å². The van der Waals surface area contributed by atoms with E-state index in [1.54, 1.807) is 0 Å². The molecule has 6 atom stereocenters. The van der Waals surface area contributed by atoms with Crippen molar-refractivity contribution in [1.29, 1.82) is 0 Å². The lowest BCUT2D eigenvalue weighted by Crippen LogP contribution is -2.60. The van der Waals surface area contributed by atoms with Crippen LogP contribution < -0.4 is 10.2 Å². The van der Waals surface area contributed by atoms with Gasteiger partial charge in [0.1, 0.15) is 59.3 Å². The van der Waals surface area contributed by atoms with Crippen molar-refractivity contribution < 1.29 is 69.1 Å². The summed E-state index contributed by atoms with van der Waals surface area (Å²) in [5.74, 6) is -4.04. The second kappa shape index (κ2) is 11.8. The summed E-state index contributed by atoms with van der Waals surface area (Å²) in [4.78, 5) is 35.6. The Morgan fingerprint density at radius 3 is 2.31 bits per heavy atom. The van der Waals surface area contributed by atoms with Crippen molar-refractivity contribution in [1.82, 2.24) is 0 Å². The van der Waals surface area contributed by atoms with Crippen LogP contribution in [0.25, 0.3) is 22.3 Å². The maximum atomic E-state index is 12.7. The number of hydrogen-bond donors (Lipinski definition) is 8. The predicted octanol–water partition coefficient (Wildman–Crippen LogP) is -0.0778. The standard InChI is InChI=1S/C27H28O15/c1-27(38,8-20(32)33)9-21(34)39-10-19-23(35)24(36)25(37)26(42-19)40-12-5-15(30)22-16(31)7-17(41-18(22)6-12)11-2-3-13(28)14(29)4-11/h2-7,19,23-26,28-30,35-38H,8-10H2,1H3,(H,32,33)/t19-,23-,24+,25-,26-,27-/m1/s1. The van der Waals surface area contributed by atoms with Gasteiger partial charge in [-0.2, -0.15) is 0 Å². The van der Waals surface area contributed by atoms with E-state index < -0.39 is 90.4 Å². The first-order chi connectivity index (χ1) is 19.6. The Balaban J connectivity index is 1.53. The quantitative estimate of drug-likeness (QED) is 0.119. The number of phenols is 3. The number of carbonyl (C=O) groups excluding carboxylic acids is 1. The van der Waals surface area contributed by atoms with E-state index in [0.29, 0.717) is 0 Å². The average molecular weight is 593 g/mol. The third-order valence-corrected chi connectivity index (χ3v) is 6.43. The molecule has 15 nitrogen and oxygen atoms in total. The molecule has 1 aliphatic heterocycles. The lowest BCUT2D eigenvalue weighted by molar-refractivity contribution is -0.278. The molecule has 0 amide bonds. The molecule has 0 saturated carbocycles. The molecule has 0 bridgehead atoms. The fourth-order valence-electron chi connectivity index (χ4n) is 4.34. The van der Waals surface area contributed by atoms with Gasteiger partial charge in [0.05, 0.1) is 18.4 Å². The van der Waals surface area contributed by atoms with Gasteiger partial charge in [0.2, 0.25) is 6.29 Å². The van der Waals surface area contributed by atoms with Crippen LogP contribution in [-0.2, 0) is 19.1 Å². The van der Waals surface area contributed by atoms with Gasteiger partial charge in [-0.05, 0) is 25.1 Å². The highest BCUT2D eigenvalue weighted by molar-refractivity contribution is 5.86. The molecule has 226 valence electrons. The number of ether oxygens (including phenoxy) is 3. The number of fused-ring (bicyclic) bond motifs is 1. The maximum Gasteiger partial charge on any atom is 0.308 e. The Bertz CT molecular complexity index is 1540. The van der Waals surface area contributed by atoms with E-state index in [-0.39, 0.29) is 28.0 Å². The molecule has 3 aromatic rings. The van der Waals surface area contributed by atoms with Crippen LogP contribution in [-0.4, -0.2) is 95.7 Å². The van der Waals surface area contributed by atoms with Gasteiger partial charge in [-0.1, -0.05) is 0 Å². The first-order valence-electron chi connectivity index (χ1n) is 12.4. The molecular formula is C27H28O15. The van der Waals surface area contributed by atoms with Crippen molar-refractivity contribution in [2.45, 2.75) is 56.1 Å². The number of rotatable bonds is 9. The van der Waals surface area contributed by atoms with E-state index in [0.717, 1.165) is 25.1 Å². The van der Waals surface area contributed by atoms with Crippen LogP contribution in [0.2, 0.25) is 0 Å². The lowest BCUT2D eigenvalue weighted by atomic mass is 9.98. The Morgan fingerprint density at radius 1 is 0.929 bits per heavy atom. The minimum absolute atomic E-state index is 0.0314. The molecule has 1 aliphatic rings. The van der Waals surface area contributed by atoms with Crippen molar-refractivity contribution in [3.05, 3.63) is 46.6 Å². The topological polar surface area (TPSA) is 254 Å². The Labute approximate surface area is 236 Å². The van der Waals surface area contributed by atoms with Gasteiger partial charge in [0, 0.05) is 23.8 Å². The number of aliphatic hydroxyl groups is 4. The molecule has 15 heteroatoms. The molecule has 1 saturated heterocycles. The molecular weight excluding hydrogens is 564 g/mol. The molecule has 1 aromatic heterocycles. The third kappa shape index (κ3) is 6.72. The maximum absolute atomic E-state index is 12.7. The van der Waals surface area contributed by atoms with Crippen molar-refractivity contribution in [2.24, 2.45) is 0 Å². The second-order valence-electron chi connectivity index (χ2n) is 10.1. The van der Waals surface area contributed by atoms with Gasteiger partial charge in [-0.3, -0.25) is 14.4 Å². The predicted molar refractivity (Wildman–Crippen MR) is 139 cm³/mol. The van der Waals surface area contributed by atoms with Crippen LogP contribution in [0.1, 0.15) is 19.8 Å². The SMILES string of the molecule is C[C@@](O)(CC(=O)O)CC(=O)OC[C@H]1O[C@@H](Oc2cc(O)c3c(=O)cc(-c4ccc(O)c(O)c4)oc3c2)[C@H](O)[C@@H](O)[C@@H]1O. The summed E-state index contributed by atoms with van der Waals surface area (Å²) in [5, 5.41) is 79.5. The van der Waals surface area contributed by atoms with Gasteiger partial charge in [0.15, 0.2) is 16.9 Å². The van der Waals surface area contributed by atoms with Gasteiger partial charge in [-0.25, -0.2) is 0 Å². The molecule has 0 unspecified atom stereocenters. The van der Waals surface area contributed by atoms with Crippen LogP contribution in [0, 0.1) is 0 Å². The van der Waals surface area contributed by atoms with Crippen LogP contribution in [0.3, 0.4) is 0 Å². The number of aliphatic hydroxyl groups excluding tert-OH is 3. The largest absolute Gasteiger partial charge is 0.507 e. The zero-order chi connectivity index (χ0) is 30.9. The van der Waals surface area contributed by atoms with E-state index in [1.807, 2.05) is 0 Å². The number of phenolic OH excluding ortho intramolecular Hbond substituents is 3. The van der Waals surface area contributed by atoms with Crippen molar-refractivity contribution in [2.75, 3.05) is 6.61 Å². The van der Waals surface area contributed by atoms with E-state index in [9.17, 15) is 50.1 Å². The molecule has 8 N–H and O–H groups in total. The molecule has 0 spiro atoms. The summed E-state index contributed by atoms with van der Waals surface area (Å²) in [5.41, 5.74) is -2.52. The number of benzene rings is 2. The van der Waals surface area contributed by atoms with Crippen LogP contribution in [0.5, 0.6) is 23.0 Å². The van der Waals surface area contributed by atoms with Crippen molar-refractivity contribution in [3.63, 3.8) is 0 Å². The van der Waals surface area contributed by atoms with E-state index in [4.69, 9.17) is 23.7 Å². The lowest BCUT2D eigenvalue weighted by Gasteiger charge is -2.40. The molecule has 42 heavy (non-hydrogen) atoms.